The zero-order valence-corrected chi connectivity index (χ0v) is 9.19. The summed E-state index contributed by atoms with van der Waals surface area (Å²) in [5, 5.41) is 0. The van der Waals surface area contributed by atoms with Crippen molar-refractivity contribution in [3.8, 4) is 5.75 Å². The third kappa shape index (κ3) is 3.27. The number of para-hydroxylation sites is 1. The van der Waals surface area contributed by atoms with Gasteiger partial charge >= 0.3 is 6.16 Å². The minimum absolute atomic E-state index is 0.305. The fourth-order valence-corrected chi connectivity index (χ4v) is 1.26. The van der Waals surface area contributed by atoms with Crippen molar-refractivity contribution < 1.29 is 14.3 Å². The average molecular weight is 207 g/mol. The predicted molar refractivity (Wildman–Crippen MR) is 57.6 cm³/mol. The molecule has 0 N–H and O–H groups in total. The molecule has 0 fully saturated rings. The Morgan fingerprint density at radius 1 is 1.33 bits per heavy atom. The molecule has 0 aromatic heterocycles. The fraction of sp³-hybridized carbons (Fsp3) is 0.333. The standard InChI is InChI=1S/C12H15O3/c1-4-14-12(13)15-11-8-6-5-7-10(11)9(2)3/h4-9H,1-3H3. The van der Waals surface area contributed by atoms with Gasteiger partial charge in [0.25, 0.3) is 0 Å². The maximum atomic E-state index is 11.1. The summed E-state index contributed by atoms with van der Waals surface area (Å²) in [7, 11) is 0. The molecule has 0 unspecified atom stereocenters. The number of hydrogen-bond donors (Lipinski definition) is 0. The highest BCUT2D eigenvalue weighted by Crippen LogP contribution is 2.26. The first-order valence-corrected chi connectivity index (χ1v) is 4.90. The van der Waals surface area contributed by atoms with E-state index >= 15 is 0 Å². The van der Waals surface area contributed by atoms with E-state index in [0.29, 0.717) is 11.7 Å². The van der Waals surface area contributed by atoms with Crippen LogP contribution in [0.4, 0.5) is 4.79 Å². The Morgan fingerprint density at radius 2 is 2.00 bits per heavy atom. The lowest BCUT2D eigenvalue weighted by molar-refractivity contribution is 0.123. The van der Waals surface area contributed by atoms with Crippen LogP contribution < -0.4 is 4.74 Å². The molecule has 1 rings (SSSR count). The molecule has 0 aliphatic carbocycles. The van der Waals surface area contributed by atoms with E-state index < -0.39 is 6.16 Å². The van der Waals surface area contributed by atoms with Gasteiger partial charge in [0.2, 0.25) is 0 Å². The van der Waals surface area contributed by atoms with Crippen molar-refractivity contribution in [2.24, 2.45) is 0 Å². The molecule has 0 spiro atoms. The van der Waals surface area contributed by atoms with Crippen LogP contribution in [0.25, 0.3) is 0 Å². The number of ether oxygens (including phenoxy) is 2. The van der Waals surface area contributed by atoms with Gasteiger partial charge in [-0.1, -0.05) is 32.0 Å². The molecule has 1 aromatic rings. The lowest BCUT2D eigenvalue weighted by atomic mass is 10.0. The van der Waals surface area contributed by atoms with Gasteiger partial charge in [0.15, 0.2) is 0 Å². The maximum Gasteiger partial charge on any atom is 0.514 e. The number of carbonyl (C=O) groups excluding carboxylic acids is 1. The van der Waals surface area contributed by atoms with Gasteiger partial charge in [-0.15, -0.1) is 0 Å². The Morgan fingerprint density at radius 3 is 2.60 bits per heavy atom. The lowest BCUT2D eigenvalue weighted by Crippen LogP contribution is -2.09. The van der Waals surface area contributed by atoms with E-state index in [4.69, 9.17) is 4.74 Å². The average Bonchev–Trinajstić information content (AvgIpc) is 2.18. The van der Waals surface area contributed by atoms with E-state index in [9.17, 15) is 4.79 Å². The van der Waals surface area contributed by atoms with Gasteiger partial charge in [0, 0.05) is 0 Å². The zero-order valence-electron chi connectivity index (χ0n) is 9.19. The molecule has 15 heavy (non-hydrogen) atoms. The van der Waals surface area contributed by atoms with Crippen LogP contribution in [0.3, 0.4) is 0 Å². The van der Waals surface area contributed by atoms with Gasteiger partial charge in [0.1, 0.15) is 12.4 Å². The van der Waals surface area contributed by atoms with Crippen molar-refractivity contribution in [2.45, 2.75) is 26.7 Å². The van der Waals surface area contributed by atoms with E-state index in [1.807, 2.05) is 32.0 Å². The number of benzene rings is 1. The summed E-state index contributed by atoms with van der Waals surface area (Å²) in [5.41, 5.74) is 0.991. The van der Waals surface area contributed by atoms with E-state index in [0.717, 1.165) is 5.56 Å². The Kier molecular flexibility index (Phi) is 4.16. The predicted octanol–water partition coefficient (Wildman–Crippen LogP) is 3.51. The molecule has 3 heteroatoms. The Labute approximate surface area is 90.0 Å². The number of carbonyl (C=O) groups is 1. The molecule has 0 aliphatic rings. The third-order valence-corrected chi connectivity index (χ3v) is 1.95. The van der Waals surface area contributed by atoms with Gasteiger partial charge in [-0.25, -0.2) is 4.79 Å². The van der Waals surface area contributed by atoms with Crippen LogP contribution in [0.2, 0.25) is 0 Å². The monoisotopic (exact) mass is 207 g/mol. The highest BCUT2D eigenvalue weighted by atomic mass is 16.7. The summed E-state index contributed by atoms with van der Waals surface area (Å²) in [6.45, 7) is 6.99. The van der Waals surface area contributed by atoms with Crippen molar-refractivity contribution >= 4 is 6.16 Å². The van der Waals surface area contributed by atoms with E-state index in [2.05, 4.69) is 4.74 Å². The molecule has 1 aromatic carbocycles. The van der Waals surface area contributed by atoms with Gasteiger partial charge in [0.05, 0.1) is 0 Å². The second kappa shape index (κ2) is 5.39. The largest absolute Gasteiger partial charge is 0.514 e. The zero-order chi connectivity index (χ0) is 11.3. The van der Waals surface area contributed by atoms with Crippen LogP contribution in [0.1, 0.15) is 32.3 Å². The summed E-state index contributed by atoms with van der Waals surface area (Å²) >= 11 is 0. The molecule has 81 valence electrons. The van der Waals surface area contributed by atoms with Gasteiger partial charge in [-0.3, -0.25) is 0 Å². The molecule has 0 bridgehead atoms. The quantitative estimate of drug-likeness (QED) is 0.562. The van der Waals surface area contributed by atoms with Crippen LogP contribution in [0.15, 0.2) is 24.3 Å². The highest BCUT2D eigenvalue weighted by molar-refractivity contribution is 5.65. The van der Waals surface area contributed by atoms with Crippen molar-refractivity contribution in [3.63, 3.8) is 0 Å². The first kappa shape index (κ1) is 11.6. The molecule has 0 atom stereocenters. The van der Waals surface area contributed by atoms with Crippen LogP contribution in [-0.4, -0.2) is 6.16 Å². The summed E-state index contributed by atoms with van der Waals surface area (Å²) in [4.78, 5) is 11.1. The molecule has 0 aliphatic heterocycles. The van der Waals surface area contributed by atoms with Gasteiger partial charge in [-0.2, -0.15) is 0 Å². The first-order chi connectivity index (χ1) is 7.15. The molecule has 3 nitrogen and oxygen atoms in total. The molecule has 0 amide bonds. The van der Waals surface area contributed by atoms with Gasteiger partial charge < -0.3 is 9.47 Å². The van der Waals surface area contributed by atoms with E-state index in [-0.39, 0.29) is 0 Å². The van der Waals surface area contributed by atoms with Crippen molar-refractivity contribution in [1.29, 1.82) is 0 Å². The lowest BCUT2D eigenvalue weighted by Gasteiger charge is -2.11. The normalized spacial score (nSPS) is 10.1. The topological polar surface area (TPSA) is 35.5 Å². The Hall–Kier alpha value is -1.51. The Bertz CT molecular complexity index is 331. The summed E-state index contributed by atoms with van der Waals surface area (Å²) < 4.78 is 9.65. The second-order valence-electron chi connectivity index (χ2n) is 3.40. The summed E-state index contributed by atoms with van der Waals surface area (Å²) in [5.74, 6) is 0.860. The van der Waals surface area contributed by atoms with Crippen LogP contribution in [0, 0.1) is 6.61 Å². The fourth-order valence-electron chi connectivity index (χ4n) is 1.26. The first-order valence-electron chi connectivity index (χ1n) is 4.90. The Balaban J connectivity index is 2.80. The second-order valence-corrected chi connectivity index (χ2v) is 3.40. The molecule has 0 saturated heterocycles. The number of hydrogen-bond acceptors (Lipinski definition) is 3. The van der Waals surface area contributed by atoms with Crippen molar-refractivity contribution in [2.75, 3.05) is 0 Å². The summed E-state index contributed by atoms with van der Waals surface area (Å²) in [6, 6.07) is 7.43. The number of rotatable bonds is 3. The van der Waals surface area contributed by atoms with Crippen LogP contribution in [0.5, 0.6) is 5.75 Å². The minimum Gasteiger partial charge on any atom is -0.427 e. The summed E-state index contributed by atoms with van der Waals surface area (Å²) in [6.07, 6.45) is -0.703. The van der Waals surface area contributed by atoms with E-state index in [1.165, 1.54) is 6.61 Å². The van der Waals surface area contributed by atoms with Crippen molar-refractivity contribution in [3.05, 3.63) is 36.4 Å². The molecular weight excluding hydrogens is 192 g/mol. The highest BCUT2D eigenvalue weighted by Gasteiger charge is 2.11. The molecule has 0 heterocycles. The minimum atomic E-state index is -0.703. The molecule has 0 saturated carbocycles. The molecule has 1 radical (unpaired) electrons. The third-order valence-electron chi connectivity index (χ3n) is 1.95. The molecular formula is C12H15O3. The van der Waals surface area contributed by atoms with Crippen LogP contribution >= 0.6 is 0 Å². The SMILES string of the molecule is C[CH]OC(=O)Oc1ccccc1C(C)C. The van der Waals surface area contributed by atoms with E-state index in [1.54, 1.807) is 13.0 Å². The maximum absolute atomic E-state index is 11.1. The van der Waals surface area contributed by atoms with Crippen molar-refractivity contribution in [1.82, 2.24) is 0 Å². The van der Waals surface area contributed by atoms with Crippen LogP contribution in [-0.2, 0) is 4.74 Å². The smallest absolute Gasteiger partial charge is 0.427 e. The van der Waals surface area contributed by atoms with Gasteiger partial charge in [-0.05, 0) is 24.5 Å².